The second kappa shape index (κ2) is 7.78. The molecule has 5 rings (SSSR count). The van der Waals surface area contributed by atoms with E-state index in [4.69, 9.17) is 0 Å². The Hall–Kier alpha value is -2.83. The summed E-state index contributed by atoms with van der Waals surface area (Å²) in [5.41, 5.74) is 3.60. The van der Waals surface area contributed by atoms with Crippen molar-refractivity contribution in [2.45, 2.75) is 57.9 Å². The van der Waals surface area contributed by atoms with Crippen molar-refractivity contribution in [3.63, 3.8) is 0 Å². The lowest BCUT2D eigenvalue weighted by Crippen LogP contribution is -2.45. The van der Waals surface area contributed by atoms with Crippen LogP contribution in [0.4, 0.5) is 0 Å². The number of allylic oxidation sites excluding steroid dienone is 1. The highest BCUT2D eigenvalue weighted by atomic mass is 16.2. The van der Waals surface area contributed by atoms with Crippen molar-refractivity contribution in [2.24, 2.45) is 5.92 Å². The lowest BCUT2D eigenvalue weighted by atomic mass is 9.86. The van der Waals surface area contributed by atoms with Gasteiger partial charge < -0.3 is 14.9 Å². The normalized spacial score (nSPS) is 21.2. The van der Waals surface area contributed by atoms with Crippen molar-refractivity contribution >= 4 is 28.0 Å². The molecule has 1 unspecified atom stereocenters. The summed E-state index contributed by atoms with van der Waals surface area (Å²) >= 11 is 0. The molecule has 3 aromatic rings. The van der Waals surface area contributed by atoms with Crippen LogP contribution in [-0.2, 0) is 4.79 Å². The minimum atomic E-state index is -0.123. The molecule has 1 amide bonds. The molecule has 0 aromatic carbocycles. The second-order valence-corrected chi connectivity index (χ2v) is 8.63. The van der Waals surface area contributed by atoms with Gasteiger partial charge >= 0.3 is 5.69 Å². The molecule has 158 valence electrons. The van der Waals surface area contributed by atoms with Crippen LogP contribution in [0, 0.1) is 5.92 Å². The standard InChI is InChI=1S/C23H29N5O2/c1-2-17(15-7-4-3-5-8-15)22(29)27-12-6-9-16(14-27)28-20-18-10-11-24-21(18)25-13-19(20)26-23(28)30/h7,10-11,13,16-17H,2-6,8-9,12,14H2,1H3,(H,24,25)(H,26,30)/t16-,17?/m1/s1. The lowest BCUT2D eigenvalue weighted by Gasteiger charge is -2.36. The van der Waals surface area contributed by atoms with Crippen molar-refractivity contribution in [3.05, 3.63) is 40.6 Å². The summed E-state index contributed by atoms with van der Waals surface area (Å²) in [6.45, 7) is 3.47. The number of nitrogens with one attached hydrogen (secondary N) is 2. The number of aromatic amines is 2. The predicted octanol–water partition coefficient (Wildman–Crippen LogP) is 3.90. The summed E-state index contributed by atoms with van der Waals surface area (Å²) in [6.07, 6.45) is 13.0. The van der Waals surface area contributed by atoms with E-state index in [1.54, 1.807) is 6.20 Å². The van der Waals surface area contributed by atoms with Gasteiger partial charge in [-0.15, -0.1) is 0 Å². The maximum atomic E-state index is 13.4. The Labute approximate surface area is 175 Å². The molecular formula is C23H29N5O2. The highest BCUT2D eigenvalue weighted by Gasteiger charge is 2.32. The molecule has 4 heterocycles. The molecule has 1 aliphatic carbocycles. The fourth-order valence-electron chi connectivity index (χ4n) is 5.33. The third kappa shape index (κ3) is 3.16. The van der Waals surface area contributed by atoms with E-state index in [1.165, 1.54) is 18.4 Å². The monoisotopic (exact) mass is 407 g/mol. The first-order valence-electron chi connectivity index (χ1n) is 11.2. The van der Waals surface area contributed by atoms with Crippen LogP contribution in [0.2, 0.25) is 0 Å². The third-order valence-electron chi connectivity index (χ3n) is 6.81. The van der Waals surface area contributed by atoms with Gasteiger partial charge in [-0.05, 0) is 51.0 Å². The highest BCUT2D eigenvalue weighted by molar-refractivity contribution is 6.01. The lowest BCUT2D eigenvalue weighted by molar-refractivity contribution is -0.136. The van der Waals surface area contributed by atoms with Crippen molar-refractivity contribution in [3.8, 4) is 0 Å². The Kier molecular flexibility index (Phi) is 4.97. The van der Waals surface area contributed by atoms with Crippen LogP contribution in [-0.4, -0.2) is 43.4 Å². The Morgan fingerprint density at radius 2 is 2.23 bits per heavy atom. The van der Waals surface area contributed by atoms with Gasteiger partial charge in [0, 0.05) is 24.7 Å². The molecule has 0 radical (unpaired) electrons. The van der Waals surface area contributed by atoms with E-state index in [2.05, 4.69) is 28.0 Å². The zero-order chi connectivity index (χ0) is 20.7. The van der Waals surface area contributed by atoms with Crippen LogP contribution >= 0.6 is 0 Å². The van der Waals surface area contributed by atoms with Crippen LogP contribution in [0.5, 0.6) is 0 Å². The van der Waals surface area contributed by atoms with Crippen LogP contribution < -0.4 is 5.69 Å². The van der Waals surface area contributed by atoms with Gasteiger partial charge in [0.15, 0.2) is 0 Å². The Balaban J connectivity index is 1.46. The average Bonchev–Trinajstić information content (AvgIpc) is 3.38. The summed E-state index contributed by atoms with van der Waals surface area (Å²) in [6, 6.07) is 1.94. The van der Waals surface area contributed by atoms with Crippen LogP contribution in [0.1, 0.15) is 57.9 Å². The average molecular weight is 408 g/mol. The molecule has 2 N–H and O–H groups in total. The quantitative estimate of drug-likeness (QED) is 0.643. The van der Waals surface area contributed by atoms with Crippen molar-refractivity contribution in [1.82, 2.24) is 24.4 Å². The van der Waals surface area contributed by atoms with E-state index in [9.17, 15) is 9.59 Å². The van der Waals surface area contributed by atoms with Gasteiger partial charge in [0.25, 0.3) is 0 Å². The predicted molar refractivity (Wildman–Crippen MR) is 117 cm³/mol. The Morgan fingerprint density at radius 1 is 1.33 bits per heavy atom. The number of pyridine rings is 1. The number of nitrogens with zero attached hydrogens (tertiary/aromatic N) is 3. The number of hydrogen-bond acceptors (Lipinski definition) is 3. The summed E-state index contributed by atoms with van der Waals surface area (Å²) < 4.78 is 1.85. The van der Waals surface area contributed by atoms with E-state index in [1.807, 2.05) is 21.7 Å². The van der Waals surface area contributed by atoms with Gasteiger partial charge in [0.05, 0.1) is 29.2 Å². The van der Waals surface area contributed by atoms with E-state index < -0.39 is 0 Å². The first-order valence-corrected chi connectivity index (χ1v) is 11.2. The third-order valence-corrected chi connectivity index (χ3v) is 6.81. The van der Waals surface area contributed by atoms with E-state index in [0.29, 0.717) is 6.54 Å². The van der Waals surface area contributed by atoms with Crippen molar-refractivity contribution in [1.29, 1.82) is 0 Å². The number of hydrogen-bond donors (Lipinski definition) is 2. The number of piperidine rings is 1. The number of rotatable bonds is 4. The fourth-order valence-corrected chi connectivity index (χ4v) is 5.33. The maximum absolute atomic E-state index is 13.4. The summed E-state index contributed by atoms with van der Waals surface area (Å²) in [7, 11) is 0. The van der Waals surface area contributed by atoms with Crippen LogP contribution in [0.3, 0.4) is 0 Å². The number of amides is 1. The highest BCUT2D eigenvalue weighted by Crippen LogP contribution is 2.31. The summed E-state index contributed by atoms with van der Waals surface area (Å²) in [4.78, 5) is 38.8. The Bertz CT molecular complexity index is 1170. The van der Waals surface area contributed by atoms with Gasteiger partial charge in [-0.1, -0.05) is 18.6 Å². The van der Waals surface area contributed by atoms with Crippen LogP contribution in [0.25, 0.3) is 22.1 Å². The number of likely N-dealkylation sites (tertiary alicyclic amines) is 1. The number of carbonyl (C=O) groups excluding carboxylic acids is 1. The molecule has 3 aromatic heterocycles. The molecule has 0 saturated carbocycles. The number of carbonyl (C=O) groups is 1. The molecule has 30 heavy (non-hydrogen) atoms. The van der Waals surface area contributed by atoms with Crippen molar-refractivity contribution < 1.29 is 4.79 Å². The maximum Gasteiger partial charge on any atom is 0.326 e. The summed E-state index contributed by atoms with van der Waals surface area (Å²) in [5, 5.41) is 0.938. The fraction of sp³-hybridized carbons (Fsp3) is 0.522. The van der Waals surface area contributed by atoms with E-state index in [0.717, 1.165) is 60.7 Å². The molecule has 1 aliphatic heterocycles. The first-order chi connectivity index (χ1) is 14.7. The van der Waals surface area contributed by atoms with Gasteiger partial charge in [-0.25, -0.2) is 9.78 Å². The molecule has 2 aliphatic rings. The number of aromatic nitrogens is 4. The summed E-state index contributed by atoms with van der Waals surface area (Å²) in [5.74, 6) is 0.223. The molecule has 7 nitrogen and oxygen atoms in total. The molecular weight excluding hydrogens is 378 g/mol. The van der Waals surface area contributed by atoms with Gasteiger partial charge in [-0.3, -0.25) is 9.36 Å². The second-order valence-electron chi connectivity index (χ2n) is 8.63. The minimum Gasteiger partial charge on any atom is -0.346 e. The van der Waals surface area contributed by atoms with Gasteiger partial charge in [0.1, 0.15) is 5.65 Å². The number of fused-ring (bicyclic) bond motifs is 3. The largest absolute Gasteiger partial charge is 0.346 e. The van der Waals surface area contributed by atoms with E-state index >= 15 is 0 Å². The molecule has 0 bridgehead atoms. The molecule has 1 fully saturated rings. The number of H-pyrrole nitrogens is 2. The zero-order valence-corrected chi connectivity index (χ0v) is 17.5. The van der Waals surface area contributed by atoms with Crippen LogP contribution in [0.15, 0.2) is 34.9 Å². The zero-order valence-electron chi connectivity index (χ0n) is 17.5. The van der Waals surface area contributed by atoms with Crippen molar-refractivity contribution in [2.75, 3.05) is 13.1 Å². The molecule has 0 spiro atoms. The Morgan fingerprint density at radius 3 is 3.03 bits per heavy atom. The molecule has 2 atom stereocenters. The smallest absolute Gasteiger partial charge is 0.326 e. The first kappa shape index (κ1) is 19.2. The SMILES string of the molecule is CCC(C(=O)N1CCC[C@@H](n2c(=O)[nH]c3cnc4[nH]ccc4c32)C1)C1=CCCCC1. The topological polar surface area (TPSA) is 86.8 Å². The van der Waals surface area contributed by atoms with Gasteiger partial charge in [-0.2, -0.15) is 0 Å². The van der Waals surface area contributed by atoms with Gasteiger partial charge in [0.2, 0.25) is 5.91 Å². The molecule has 7 heteroatoms. The van der Waals surface area contributed by atoms with E-state index in [-0.39, 0.29) is 23.6 Å². The molecule has 1 saturated heterocycles. The number of imidazole rings is 1. The minimum absolute atomic E-state index is 0.00989.